The van der Waals surface area contributed by atoms with Crippen molar-refractivity contribution in [3.8, 4) is 11.5 Å². The molecule has 1 unspecified atom stereocenters. The van der Waals surface area contributed by atoms with Gasteiger partial charge in [-0.2, -0.15) is 0 Å². The van der Waals surface area contributed by atoms with Gasteiger partial charge in [0.05, 0.1) is 20.3 Å². The summed E-state index contributed by atoms with van der Waals surface area (Å²) in [4.78, 5) is 14.1. The summed E-state index contributed by atoms with van der Waals surface area (Å²) in [5, 5.41) is 0. The van der Waals surface area contributed by atoms with Crippen LogP contribution in [0.1, 0.15) is 30.5 Å². The highest BCUT2D eigenvalue weighted by Gasteiger charge is 2.19. The Morgan fingerprint density at radius 1 is 1.08 bits per heavy atom. The topological polar surface area (TPSA) is 38.8 Å². The van der Waals surface area contributed by atoms with Crippen molar-refractivity contribution in [3.63, 3.8) is 0 Å². The number of hydrogen-bond donors (Lipinski definition) is 0. The zero-order valence-corrected chi connectivity index (χ0v) is 15.4. The highest BCUT2D eigenvalue weighted by Crippen LogP contribution is 2.26. The van der Waals surface area contributed by atoms with Crippen molar-refractivity contribution in [2.24, 2.45) is 0 Å². The highest BCUT2D eigenvalue weighted by molar-refractivity contribution is 5.76. The van der Waals surface area contributed by atoms with Gasteiger partial charge in [-0.25, -0.2) is 8.78 Å². The van der Waals surface area contributed by atoms with Crippen LogP contribution in [0.25, 0.3) is 0 Å². The first-order chi connectivity index (χ1) is 12.4. The van der Waals surface area contributed by atoms with Crippen molar-refractivity contribution in [1.82, 2.24) is 4.90 Å². The Morgan fingerprint density at radius 3 is 2.42 bits per heavy atom. The molecule has 1 amide bonds. The smallest absolute Gasteiger partial charge is 0.223 e. The van der Waals surface area contributed by atoms with E-state index in [2.05, 4.69) is 0 Å². The number of hydrogen-bond acceptors (Lipinski definition) is 3. The van der Waals surface area contributed by atoms with Gasteiger partial charge < -0.3 is 14.4 Å². The summed E-state index contributed by atoms with van der Waals surface area (Å²) >= 11 is 0. The average Bonchev–Trinajstić information content (AvgIpc) is 2.66. The second-order valence-corrected chi connectivity index (χ2v) is 6.03. The molecule has 0 saturated heterocycles. The maximum Gasteiger partial charge on any atom is 0.223 e. The van der Waals surface area contributed by atoms with E-state index in [4.69, 9.17) is 9.47 Å². The van der Waals surface area contributed by atoms with Crippen molar-refractivity contribution >= 4 is 5.91 Å². The Hall–Kier alpha value is -2.63. The van der Waals surface area contributed by atoms with E-state index in [0.29, 0.717) is 23.5 Å². The lowest BCUT2D eigenvalue weighted by molar-refractivity contribution is -0.131. The molecule has 0 aromatic heterocycles. The van der Waals surface area contributed by atoms with E-state index in [0.717, 1.165) is 17.7 Å². The minimum atomic E-state index is -0.920. The van der Waals surface area contributed by atoms with E-state index in [1.54, 1.807) is 40.3 Å². The largest absolute Gasteiger partial charge is 0.497 e. The molecule has 1 atom stereocenters. The molecular formula is C20H23F2NO3. The second-order valence-electron chi connectivity index (χ2n) is 6.03. The monoisotopic (exact) mass is 363 g/mol. The van der Waals surface area contributed by atoms with Crippen LogP contribution in [0.4, 0.5) is 8.78 Å². The Labute approximate surface area is 152 Å². The third-order valence-electron chi connectivity index (χ3n) is 4.50. The number of benzene rings is 2. The zero-order chi connectivity index (χ0) is 19.3. The normalized spacial score (nSPS) is 11.8. The molecule has 140 valence electrons. The first kappa shape index (κ1) is 19.7. The molecule has 2 aromatic rings. The Kier molecular flexibility index (Phi) is 6.55. The molecule has 2 aromatic carbocycles. The fourth-order valence-electron chi connectivity index (χ4n) is 2.71. The maximum atomic E-state index is 13.4. The minimum absolute atomic E-state index is 0.105. The lowest BCUT2D eigenvalue weighted by atomic mass is 10.0. The summed E-state index contributed by atoms with van der Waals surface area (Å²) in [6.45, 7) is 1.77. The first-order valence-electron chi connectivity index (χ1n) is 8.29. The Balaban J connectivity index is 2.06. The van der Waals surface area contributed by atoms with Crippen LogP contribution < -0.4 is 9.47 Å². The van der Waals surface area contributed by atoms with Crippen LogP contribution in [0.15, 0.2) is 36.4 Å². The fourth-order valence-corrected chi connectivity index (χ4v) is 2.71. The number of amides is 1. The summed E-state index contributed by atoms with van der Waals surface area (Å²) in [7, 11) is 4.80. The summed E-state index contributed by atoms with van der Waals surface area (Å²) in [5.74, 6) is -0.546. The van der Waals surface area contributed by atoms with Crippen molar-refractivity contribution in [2.45, 2.75) is 25.8 Å². The molecule has 6 heteroatoms. The van der Waals surface area contributed by atoms with Gasteiger partial charge >= 0.3 is 0 Å². The van der Waals surface area contributed by atoms with Crippen molar-refractivity contribution in [3.05, 3.63) is 59.2 Å². The lowest BCUT2D eigenvalue weighted by Crippen LogP contribution is -2.30. The number of aryl methyl sites for hydroxylation is 1. The molecule has 4 nitrogen and oxygen atoms in total. The van der Waals surface area contributed by atoms with Crippen LogP contribution in [0, 0.1) is 11.6 Å². The first-order valence-corrected chi connectivity index (χ1v) is 8.29. The number of ether oxygens (including phenoxy) is 2. The number of halogens is 2. The van der Waals surface area contributed by atoms with Crippen LogP contribution in [0.3, 0.4) is 0 Å². The average molecular weight is 363 g/mol. The van der Waals surface area contributed by atoms with Gasteiger partial charge in [0, 0.05) is 13.5 Å². The number of nitrogens with zero attached hydrogens (tertiary/aromatic N) is 1. The zero-order valence-electron chi connectivity index (χ0n) is 15.4. The summed E-state index contributed by atoms with van der Waals surface area (Å²) in [5.41, 5.74) is 1.41. The molecule has 0 aliphatic heterocycles. The fraction of sp³-hybridized carbons (Fsp3) is 0.350. The third-order valence-corrected chi connectivity index (χ3v) is 4.50. The Morgan fingerprint density at radius 2 is 1.81 bits per heavy atom. The third kappa shape index (κ3) is 4.50. The predicted octanol–water partition coefficient (Wildman–Crippen LogP) is 4.13. The van der Waals surface area contributed by atoms with Crippen LogP contribution in [0.2, 0.25) is 0 Å². The van der Waals surface area contributed by atoms with Crippen LogP contribution in [0.5, 0.6) is 11.5 Å². The molecule has 0 fully saturated rings. The van der Waals surface area contributed by atoms with Gasteiger partial charge in [-0.1, -0.05) is 6.07 Å². The molecule has 2 rings (SSSR count). The standard InChI is InChI=1S/C20H23F2NO3/c1-13(14-5-8-17(21)18(22)12-14)23(2)20(24)10-6-15-11-16(25-3)7-9-19(15)26-4/h5,7-9,11-13H,6,10H2,1-4H3. The molecule has 0 spiro atoms. The van der Waals surface area contributed by atoms with Crippen LogP contribution in [-0.4, -0.2) is 32.1 Å². The van der Waals surface area contributed by atoms with Gasteiger partial charge in [-0.15, -0.1) is 0 Å². The van der Waals surface area contributed by atoms with Gasteiger partial charge in [0.25, 0.3) is 0 Å². The van der Waals surface area contributed by atoms with Crippen molar-refractivity contribution in [2.75, 3.05) is 21.3 Å². The van der Waals surface area contributed by atoms with Crippen LogP contribution in [-0.2, 0) is 11.2 Å². The second kappa shape index (κ2) is 8.65. The van der Waals surface area contributed by atoms with Gasteiger partial charge in [0.2, 0.25) is 5.91 Å². The van der Waals surface area contributed by atoms with Gasteiger partial charge in [-0.3, -0.25) is 4.79 Å². The molecule has 0 aliphatic rings. The molecule has 0 saturated carbocycles. The molecule has 26 heavy (non-hydrogen) atoms. The summed E-state index contributed by atoms with van der Waals surface area (Å²) < 4.78 is 37.0. The highest BCUT2D eigenvalue weighted by atomic mass is 19.2. The van der Waals surface area contributed by atoms with E-state index < -0.39 is 11.6 Å². The number of carbonyl (C=O) groups excluding carboxylic acids is 1. The SMILES string of the molecule is COc1ccc(OC)c(CCC(=O)N(C)C(C)c2ccc(F)c(F)c2)c1. The number of carbonyl (C=O) groups is 1. The maximum absolute atomic E-state index is 13.4. The van der Waals surface area contributed by atoms with E-state index in [9.17, 15) is 13.6 Å². The van der Waals surface area contributed by atoms with Crippen LogP contribution >= 0.6 is 0 Å². The van der Waals surface area contributed by atoms with E-state index in [1.165, 1.54) is 11.0 Å². The molecule has 0 heterocycles. The lowest BCUT2D eigenvalue weighted by Gasteiger charge is -2.25. The molecular weight excluding hydrogens is 340 g/mol. The molecule has 0 radical (unpaired) electrons. The van der Waals surface area contributed by atoms with Crippen molar-refractivity contribution in [1.29, 1.82) is 0 Å². The molecule has 0 bridgehead atoms. The van der Waals surface area contributed by atoms with Crippen molar-refractivity contribution < 1.29 is 23.0 Å². The number of rotatable bonds is 7. The van der Waals surface area contributed by atoms with Gasteiger partial charge in [0.1, 0.15) is 11.5 Å². The predicted molar refractivity (Wildman–Crippen MR) is 95.4 cm³/mol. The summed E-state index contributed by atoms with van der Waals surface area (Å²) in [6, 6.07) is 8.73. The van der Waals surface area contributed by atoms with Gasteiger partial charge in [-0.05, 0) is 54.8 Å². The quantitative estimate of drug-likeness (QED) is 0.742. The molecule has 0 aliphatic carbocycles. The van der Waals surface area contributed by atoms with E-state index in [1.807, 2.05) is 6.07 Å². The Bertz CT molecular complexity index is 780. The van der Waals surface area contributed by atoms with Gasteiger partial charge in [0.15, 0.2) is 11.6 Å². The minimum Gasteiger partial charge on any atom is -0.497 e. The molecule has 0 N–H and O–H groups in total. The summed E-state index contributed by atoms with van der Waals surface area (Å²) in [6.07, 6.45) is 0.738. The van der Waals surface area contributed by atoms with E-state index in [-0.39, 0.29) is 18.4 Å². The van der Waals surface area contributed by atoms with E-state index >= 15 is 0 Å². The number of methoxy groups -OCH3 is 2.